The van der Waals surface area contributed by atoms with Crippen LogP contribution in [0.1, 0.15) is 55.2 Å². The van der Waals surface area contributed by atoms with E-state index in [1.807, 2.05) is 13.8 Å². The van der Waals surface area contributed by atoms with Crippen molar-refractivity contribution in [2.45, 2.75) is 63.4 Å². The van der Waals surface area contributed by atoms with E-state index in [0.717, 1.165) is 44.2 Å². The van der Waals surface area contributed by atoms with Crippen molar-refractivity contribution < 1.29 is 9.00 Å². The second-order valence-corrected chi connectivity index (χ2v) is 8.58. The van der Waals surface area contributed by atoms with Crippen molar-refractivity contribution in [2.24, 2.45) is 10.9 Å². The third-order valence-corrected chi connectivity index (χ3v) is 5.95. The molecule has 2 amide bonds. The number of carbonyl (C=O) groups is 1. The molecule has 8 nitrogen and oxygen atoms in total. The fourth-order valence-electron chi connectivity index (χ4n) is 3.61. The van der Waals surface area contributed by atoms with Crippen LogP contribution >= 0.6 is 11.6 Å². The first-order chi connectivity index (χ1) is 13.3. The molecule has 152 valence electrons. The van der Waals surface area contributed by atoms with Crippen LogP contribution in [0.15, 0.2) is 11.2 Å². The maximum absolute atomic E-state index is 11.1. The molecule has 0 aliphatic heterocycles. The highest BCUT2D eigenvalue weighted by Gasteiger charge is 2.25. The fraction of sp³-hybridized carbons (Fsp3) is 0.500. The smallest absolute Gasteiger partial charge is 0.316 e. The van der Waals surface area contributed by atoms with Crippen LogP contribution in [-0.4, -0.2) is 25.0 Å². The van der Waals surface area contributed by atoms with Gasteiger partial charge in [0.05, 0.1) is 10.7 Å². The lowest BCUT2D eigenvalue weighted by Crippen LogP contribution is -2.21. The summed E-state index contributed by atoms with van der Waals surface area (Å²) in [6.07, 6.45) is 8.01. The average molecular weight is 425 g/mol. The Morgan fingerprint density at radius 3 is 2.18 bits per heavy atom. The molecule has 0 saturated heterocycles. The summed E-state index contributed by atoms with van der Waals surface area (Å²) in [5, 5.41) is 12.5. The van der Waals surface area contributed by atoms with Crippen molar-refractivity contribution in [2.75, 3.05) is 5.32 Å². The van der Waals surface area contributed by atoms with Crippen molar-refractivity contribution in [1.29, 1.82) is 0 Å². The topological polar surface area (TPSA) is 129 Å². The van der Waals surface area contributed by atoms with Crippen LogP contribution in [0.2, 0.25) is 5.02 Å². The van der Waals surface area contributed by atoms with E-state index in [2.05, 4.69) is 10.4 Å². The zero-order valence-electron chi connectivity index (χ0n) is 16.0. The zero-order valence-corrected chi connectivity index (χ0v) is 17.6. The van der Waals surface area contributed by atoms with Gasteiger partial charge in [-0.05, 0) is 63.5 Å². The summed E-state index contributed by atoms with van der Waals surface area (Å²) in [5.74, 6) is 0. The lowest BCUT2D eigenvalue weighted by molar-refractivity contribution is 0.259. The summed E-state index contributed by atoms with van der Waals surface area (Å²) in [6.45, 7) is 3.90. The van der Waals surface area contributed by atoms with Gasteiger partial charge in [0.15, 0.2) is 5.03 Å². The predicted octanol–water partition coefficient (Wildman–Crippen LogP) is 2.65. The van der Waals surface area contributed by atoms with Gasteiger partial charge in [-0.2, -0.15) is 5.10 Å². The molecule has 0 bridgehead atoms. The summed E-state index contributed by atoms with van der Waals surface area (Å²) in [5.41, 5.74) is 11.0. The SMILES string of the molecule is CC(C)n1cc(Cl)c(S(N)=O)n1.NC(=O)Nc1c2c(nc3c1CCC3)CCC2. The maximum Gasteiger partial charge on any atom is 0.316 e. The Hall–Kier alpha value is -1.97. The minimum atomic E-state index is -1.60. The second kappa shape index (κ2) is 8.59. The number of primary amides is 1. The molecule has 1 atom stereocenters. The predicted molar refractivity (Wildman–Crippen MR) is 110 cm³/mol. The van der Waals surface area contributed by atoms with Gasteiger partial charge in [0.1, 0.15) is 11.0 Å². The lowest BCUT2D eigenvalue weighted by Gasteiger charge is -2.13. The van der Waals surface area contributed by atoms with Crippen LogP contribution in [-0.2, 0) is 36.7 Å². The zero-order chi connectivity index (χ0) is 20.4. The van der Waals surface area contributed by atoms with E-state index in [0.29, 0.717) is 5.02 Å². The van der Waals surface area contributed by atoms with E-state index in [1.54, 1.807) is 10.9 Å². The quantitative estimate of drug-likeness (QED) is 0.699. The monoisotopic (exact) mass is 424 g/mol. The molecule has 2 aromatic heterocycles. The van der Waals surface area contributed by atoms with Gasteiger partial charge in [0, 0.05) is 23.6 Å². The van der Waals surface area contributed by atoms with Crippen LogP contribution in [0.4, 0.5) is 10.5 Å². The number of hydrogen-bond donors (Lipinski definition) is 3. The summed E-state index contributed by atoms with van der Waals surface area (Å²) >= 11 is 5.73. The van der Waals surface area contributed by atoms with Gasteiger partial charge in [0.2, 0.25) is 0 Å². The van der Waals surface area contributed by atoms with Gasteiger partial charge in [-0.25, -0.2) is 14.1 Å². The van der Waals surface area contributed by atoms with Gasteiger partial charge in [-0.15, -0.1) is 0 Å². The third-order valence-electron chi connectivity index (χ3n) is 4.87. The number of amides is 2. The van der Waals surface area contributed by atoms with E-state index >= 15 is 0 Å². The van der Waals surface area contributed by atoms with Crippen molar-refractivity contribution in [1.82, 2.24) is 14.8 Å². The standard InChI is InChI=1S/C12H15N3O.C6H10ClN3OS/c13-12(16)15-11-7-3-1-5-9(7)14-10-6-2-4-8(10)11;1-4(2)10-3-5(7)6(9-10)12(8)11/h1-6H2,(H3,13,14,15,16);3-4H,8H2,1-2H3. The average Bonchev–Trinajstić information content (AvgIpc) is 3.33. The molecule has 4 rings (SSSR count). The molecule has 2 aromatic rings. The molecule has 28 heavy (non-hydrogen) atoms. The number of nitrogens with one attached hydrogen (secondary N) is 1. The number of urea groups is 1. The summed E-state index contributed by atoms with van der Waals surface area (Å²) in [7, 11) is -1.60. The number of anilines is 1. The Bertz CT molecular complexity index is 895. The Morgan fingerprint density at radius 2 is 1.79 bits per heavy atom. The van der Waals surface area contributed by atoms with Crippen LogP contribution in [0, 0.1) is 0 Å². The van der Waals surface area contributed by atoms with Crippen molar-refractivity contribution in [3.8, 4) is 0 Å². The number of fused-ring (bicyclic) bond motifs is 2. The number of pyridine rings is 1. The molecular formula is C18H25ClN6O2S. The molecule has 2 aliphatic carbocycles. The molecule has 10 heteroatoms. The molecule has 0 radical (unpaired) electrons. The number of aromatic nitrogens is 3. The molecule has 1 unspecified atom stereocenters. The number of aryl methyl sites for hydroxylation is 2. The molecule has 5 N–H and O–H groups in total. The molecule has 0 aromatic carbocycles. The first-order valence-corrected chi connectivity index (χ1v) is 10.9. The number of nitrogens with zero attached hydrogens (tertiary/aromatic N) is 3. The Balaban J connectivity index is 0.000000169. The van der Waals surface area contributed by atoms with E-state index in [4.69, 9.17) is 27.5 Å². The molecular weight excluding hydrogens is 400 g/mol. The van der Waals surface area contributed by atoms with Crippen molar-refractivity contribution >= 4 is 34.3 Å². The van der Waals surface area contributed by atoms with Crippen molar-refractivity contribution in [3.63, 3.8) is 0 Å². The Morgan fingerprint density at radius 1 is 1.21 bits per heavy atom. The van der Waals surface area contributed by atoms with Crippen molar-refractivity contribution in [3.05, 3.63) is 33.7 Å². The van der Waals surface area contributed by atoms with E-state index in [9.17, 15) is 9.00 Å². The number of nitrogens with two attached hydrogens (primary N) is 2. The Labute approximate surface area is 171 Å². The largest absolute Gasteiger partial charge is 0.351 e. The van der Waals surface area contributed by atoms with Gasteiger partial charge in [-0.1, -0.05) is 11.6 Å². The first-order valence-electron chi connectivity index (χ1n) is 9.28. The minimum Gasteiger partial charge on any atom is -0.351 e. The molecule has 2 heterocycles. The highest BCUT2D eigenvalue weighted by molar-refractivity contribution is 7.82. The van der Waals surface area contributed by atoms with Gasteiger partial charge < -0.3 is 11.1 Å². The minimum absolute atomic E-state index is 0.194. The van der Waals surface area contributed by atoms with E-state index < -0.39 is 17.0 Å². The van der Waals surface area contributed by atoms with Gasteiger partial charge in [-0.3, -0.25) is 9.67 Å². The highest BCUT2D eigenvalue weighted by atomic mass is 35.5. The van der Waals surface area contributed by atoms with Crippen LogP contribution in [0.5, 0.6) is 0 Å². The number of rotatable bonds is 3. The van der Waals surface area contributed by atoms with Crippen LogP contribution in [0.3, 0.4) is 0 Å². The van der Waals surface area contributed by atoms with Crippen LogP contribution in [0.25, 0.3) is 0 Å². The van der Waals surface area contributed by atoms with Gasteiger partial charge >= 0.3 is 6.03 Å². The number of halogens is 1. The summed E-state index contributed by atoms with van der Waals surface area (Å²) in [4.78, 5) is 15.8. The fourth-order valence-corrected chi connectivity index (χ4v) is 4.40. The molecule has 2 aliphatic rings. The first kappa shape index (κ1) is 20.8. The molecule has 0 saturated carbocycles. The maximum atomic E-state index is 11.1. The third kappa shape index (κ3) is 4.37. The highest BCUT2D eigenvalue weighted by Crippen LogP contribution is 2.36. The number of hydrogen-bond acceptors (Lipinski definition) is 4. The van der Waals surface area contributed by atoms with E-state index in [-0.39, 0.29) is 11.1 Å². The summed E-state index contributed by atoms with van der Waals surface area (Å²) < 4.78 is 12.5. The normalized spacial score (nSPS) is 15.6. The Kier molecular flexibility index (Phi) is 6.36. The molecule has 0 fully saturated rings. The lowest BCUT2D eigenvalue weighted by atomic mass is 10.1. The van der Waals surface area contributed by atoms with E-state index in [1.165, 1.54) is 22.5 Å². The van der Waals surface area contributed by atoms with Crippen LogP contribution < -0.4 is 16.2 Å². The number of carbonyl (C=O) groups excluding carboxylic acids is 1. The van der Waals surface area contributed by atoms with Gasteiger partial charge in [0.25, 0.3) is 0 Å². The summed E-state index contributed by atoms with van der Waals surface area (Å²) in [6, 6.07) is -0.269. The second-order valence-electron chi connectivity index (χ2n) is 7.19. The molecule has 0 spiro atoms.